The Kier molecular flexibility index (Phi) is 5.52. The fourth-order valence-electron chi connectivity index (χ4n) is 1.13. The predicted octanol–water partition coefficient (Wildman–Crippen LogP) is 0.442. The maximum absolute atomic E-state index is 5.65. The number of hydrogen-bond donors (Lipinski definition) is 2. The summed E-state index contributed by atoms with van der Waals surface area (Å²) in [6.45, 7) is 4.37. The zero-order chi connectivity index (χ0) is 11.8. The fourth-order valence-corrected chi connectivity index (χ4v) is 1.13. The Morgan fingerprint density at radius 2 is 2.12 bits per heavy atom. The van der Waals surface area contributed by atoms with Crippen LogP contribution < -0.4 is 11.1 Å². The van der Waals surface area contributed by atoms with Crippen molar-refractivity contribution < 1.29 is 9.47 Å². The second kappa shape index (κ2) is 6.97. The molecule has 0 fully saturated rings. The Bertz CT molecular complexity index is 320. The highest BCUT2D eigenvalue weighted by molar-refractivity contribution is 5.53. The molecule has 0 aliphatic heterocycles. The molecule has 0 aromatic carbocycles. The zero-order valence-corrected chi connectivity index (χ0v) is 9.69. The number of methoxy groups -OCH3 is 1. The van der Waals surface area contributed by atoms with E-state index in [9.17, 15) is 0 Å². The van der Waals surface area contributed by atoms with E-state index in [4.69, 9.17) is 15.2 Å². The second-order valence-corrected chi connectivity index (χ2v) is 3.26. The van der Waals surface area contributed by atoms with E-state index in [1.165, 1.54) is 6.33 Å². The Hall–Kier alpha value is -1.40. The van der Waals surface area contributed by atoms with Gasteiger partial charge in [0.2, 0.25) is 0 Å². The lowest BCUT2D eigenvalue weighted by atomic mass is 10.3. The molecule has 0 aliphatic rings. The van der Waals surface area contributed by atoms with Gasteiger partial charge in [-0.05, 0) is 6.92 Å². The van der Waals surface area contributed by atoms with Crippen LogP contribution in [0.4, 0.5) is 11.6 Å². The number of nitrogen functional groups attached to an aromatic ring is 1. The average molecular weight is 226 g/mol. The van der Waals surface area contributed by atoms with Gasteiger partial charge in [0.15, 0.2) is 0 Å². The van der Waals surface area contributed by atoms with Gasteiger partial charge in [0.25, 0.3) is 0 Å². The van der Waals surface area contributed by atoms with Gasteiger partial charge in [-0.25, -0.2) is 9.97 Å². The number of anilines is 2. The van der Waals surface area contributed by atoms with Crippen LogP contribution in [0.5, 0.6) is 0 Å². The van der Waals surface area contributed by atoms with E-state index < -0.39 is 0 Å². The van der Waals surface area contributed by atoms with Gasteiger partial charge in [0.1, 0.15) is 18.0 Å². The van der Waals surface area contributed by atoms with E-state index in [1.54, 1.807) is 7.11 Å². The van der Waals surface area contributed by atoms with Gasteiger partial charge in [0.05, 0.1) is 19.8 Å². The lowest BCUT2D eigenvalue weighted by molar-refractivity contribution is 0.0759. The van der Waals surface area contributed by atoms with Gasteiger partial charge in [-0.2, -0.15) is 0 Å². The normalized spacial score (nSPS) is 10.4. The van der Waals surface area contributed by atoms with E-state index >= 15 is 0 Å². The first kappa shape index (κ1) is 12.7. The molecule has 0 atom stereocenters. The van der Waals surface area contributed by atoms with Gasteiger partial charge < -0.3 is 20.5 Å². The molecule has 0 saturated heterocycles. The molecular formula is C10H18N4O2. The first-order valence-corrected chi connectivity index (χ1v) is 5.13. The first-order valence-electron chi connectivity index (χ1n) is 5.13. The van der Waals surface area contributed by atoms with E-state index in [0.29, 0.717) is 32.2 Å². The Morgan fingerprint density at radius 3 is 2.88 bits per heavy atom. The highest BCUT2D eigenvalue weighted by Crippen LogP contribution is 2.14. The minimum atomic E-state index is 0.498. The molecule has 6 nitrogen and oxygen atoms in total. The smallest absolute Gasteiger partial charge is 0.134 e. The van der Waals surface area contributed by atoms with Gasteiger partial charge >= 0.3 is 0 Å². The van der Waals surface area contributed by atoms with Crippen molar-refractivity contribution in [3.63, 3.8) is 0 Å². The van der Waals surface area contributed by atoms with Gasteiger partial charge in [0, 0.05) is 19.2 Å². The van der Waals surface area contributed by atoms with Crippen molar-refractivity contribution in [2.75, 3.05) is 44.5 Å². The van der Waals surface area contributed by atoms with Crippen molar-refractivity contribution in [3.8, 4) is 0 Å². The topological polar surface area (TPSA) is 82.3 Å². The van der Waals surface area contributed by atoms with Crippen LogP contribution in [-0.4, -0.2) is 43.4 Å². The summed E-state index contributed by atoms with van der Waals surface area (Å²) < 4.78 is 10.2. The second-order valence-electron chi connectivity index (χ2n) is 3.26. The summed E-state index contributed by atoms with van der Waals surface area (Å²) in [5, 5.41) is 3.13. The maximum Gasteiger partial charge on any atom is 0.134 e. The van der Waals surface area contributed by atoms with Crippen molar-refractivity contribution in [2.24, 2.45) is 0 Å². The first-order chi connectivity index (χ1) is 7.75. The number of nitrogens with zero attached hydrogens (tertiary/aromatic N) is 2. The molecule has 0 saturated carbocycles. The van der Waals surface area contributed by atoms with E-state index in [2.05, 4.69) is 15.3 Å². The molecule has 1 aromatic rings. The van der Waals surface area contributed by atoms with Crippen LogP contribution >= 0.6 is 0 Å². The quantitative estimate of drug-likeness (QED) is 0.657. The minimum Gasteiger partial charge on any atom is -0.383 e. The largest absolute Gasteiger partial charge is 0.383 e. The molecule has 1 heterocycles. The Morgan fingerprint density at radius 1 is 1.31 bits per heavy atom. The van der Waals surface area contributed by atoms with Crippen molar-refractivity contribution >= 4 is 11.6 Å². The molecule has 1 aromatic heterocycles. The fraction of sp³-hybridized carbons (Fsp3) is 0.600. The number of aromatic nitrogens is 2. The summed E-state index contributed by atoms with van der Waals surface area (Å²) >= 11 is 0. The lowest BCUT2D eigenvalue weighted by Crippen LogP contribution is -2.14. The molecule has 3 N–H and O–H groups in total. The SMILES string of the molecule is COCCOCCNc1ncnc(N)c1C. The van der Waals surface area contributed by atoms with Crippen LogP contribution in [0.2, 0.25) is 0 Å². The summed E-state index contributed by atoms with van der Waals surface area (Å²) in [4.78, 5) is 7.98. The predicted molar refractivity (Wildman–Crippen MR) is 62.4 cm³/mol. The van der Waals surface area contributed by atoms with Crippen LogP contribution in [0, 0.1) is 6.92 Å². The van der Waals surface area contributed by atoms with E-state index in [1.807, 2.05) is 6.92 Å². The Balaban J connectivity index is 2.24. The molecule has 6 heteroatoms. The molecular weight excluding hydrogens is 208 g/mol. The number of rotatable bonds is 7. The third kappa shape index (κ3) is 4.00. The van der Waals surface area contributed by atoms with Crippen molar-refractivity contribution in [1.29, 1.82) is 0 Å². The third-order valence-electron chi connectivity index (χ3n) is 2.09. The summed E-state index contributed by atoms with van der Waals surface area (Å²) in [5.41, 5.74) is 6.51. The minimum absolute atomic E-state index is 0.498. The lowest BCUT2D eigenvalue weighted by Gasteiger charge is -2.09. The molecule has 0 aliphatic carbocycles. The van der Waals surface area contributed by atoms with Gasteiger partial charge in [-0.3, -0.25) is 0 Å². The van der Waals surface area contributed by atoms with Crippen LogP contribution in [0.25, 0.3) is 0 Å². The van der Waals surface area contributed by atoms with Crippen molar-refractivity contribution in [3.05, 3.63) is 11.9 Å². The summed E-state index contributed by atoms with van der Waals surface area (Å²) in [6, 6.07) is 0. The highest BCUT2D eigenvalue weighted by atomic mass is 16.5. The zero-order valence-electron chi connectivity index (χ0n) is 9.69. The van der Waals surface area contributed by atoms with Gasteiger partial charge in [-0.1, -0.05) is 0 Å². The number of hydrogen-bond acceptors (Lipinski definition) is 6. The molecule has 0 unspecified atom stereocenters. The summed E-state index contributed by atoms with van der Waals surface area (Å²) in [6.07, 6.45) is 1.44. The molecule has 0 spiro atoms. The number of nitrogens with two attached hydrogens (primary N) is 1. The average Bonchev–Trinajstić information content (AvgIpc) is 2.29. The summed E-state index contributed by atoms with van der Waals surface area (Å²) in [5.74, 6) is 1.25. The molecule has 0 bridgehead atoms. The Labute approximate surface area is 95.2 Å². The maximum atomic E-state index is 5.65. The van der Waals surface area contributed by atoms with Crippen molar-refractivity contribution in [2.45, 2.75) is 6.92 Å². The van der Waals surface area contributed by atoms with Gasteiger partial charge in [-0.15, -0.1) is 0 Å². The standard InChI is InChI=1S/C10H18N4O2/c1-8-9(11)13-7-14-10(8)12-3-4-16-6-5-15-2/h7H,3-6H2,1-2H3,(H3,11,12,13,14). The number of nitrogens with one attached hydrogen (secondary N) is 1. The molecule has 90 valence electrons. The van der Waals surface area contributed by atoms with Crippen LogP contribution in [0.15, 0.2) is 6.33 Å². The highest BCUT2D eigenvalue weighted by Gasteiger charge is 2.02. The van der Waals surface area contributed by atoms with E-state index in [-0.39, 0.29) is 0 Å². The van der Waals surface area contributed by atoms with Crippen LogP contribution in [0.3, 0.4) is 0 Å². The molecule has 16 heavy (non-hydrogen) atoms. The number of ether oxygens (including phenoxy) is 2. The monoisotopic (exact) mass is 226 g/mol. The summed E-state index contributed by atoms with van der Waals surface area (Å²) in [7, 11) is 1.65. The van der Waals surface area contributed by atoms with Crippen molar-refractivity contribution in [1.82, 2.24) is 9.97 Å². The third-order valence-corrected chi connectivity index (χ3v) is 2.09. The van der Waals surface area contributed by atoms with Crippen LogP contribution in [-0.2, 0) is 9.47 Å². The van der Waals surface area contributed by atoms with E-state index in [0.717, 1.165) is 11.4 Å². The molecule has 1 rings (SSSR count). The molecule has 0 amide bonds. The molecule has 0 radical (unpaired) electrons. The van der Waals surface area contributed by atoms with Crippen LogP contribution in [0.1, 0.15) is 5.56 Å².